The van der Waals surface area contributed by atoms with Crippen molar-refractivity contribution in [2.24, 2.45) is 0 Å². The van der Waals surface area contributed by atoms with E-state index in [-0.39, 0.29) is 11.8 Å². The van der Waals surface area contributed by atoms with E-state index in [1.54, 1.807) is 11.3 Å². The second kappa shape index (κ2) is 11.3. The summed E-state index contributed by atoms with van der Waals surface area (Å²) >= 11 is 2.99. The fraction of sp³-hybridized carbons (Fsp3) is 0.304. The summed E-state index contributed by atoms with van der Waals surface area (Å²) < 4.78 is 0. The molecule has 0 aliphatic carbocycles. The number of hydrogen-bond donors (Lipinski definition) is 3. The van der Waals surface area contributed by atoms with Crippen molar-refractivity contribution in [1.82, 2.24) is 20.1 Å². The molecule has 0 unspecified atom stereocenters. The average molecular weight is 484 g/mol. The Labute approximate surface area is 201 Å². The molecule has 0 saturated carbocycles. The first kappa shape index (κ1) is 23.2. The van der Waals surface area contributed by atoms with Gasteiger partial charge in [0.2, 0.25) is 11.1 Å². The minimum absolute atomic E-state index is 0.00211. The molecular formula is C23H27N6O2S2+. The van der Waals surface area contributed by atoms with Crippen LogP contribution in [0.2, 0.25) is 0 Å². The van der Waals surface area contributed by atoms with Gasteiger partial charge in [-0.2, -0.15) is 0 Å². The molecule has 172 valence electrons. The highest BCUT2D eigenvalue weighted by molar-refractivity contribution is 7.99. The van der Waals surface area contributed by atoms with E-state index in [9.17, 15) is 9.59 Å². The van der Waals surface area contributed by atoms with Crippen molar-refractivity contribution in [2.75, 3.05) is 43.8 Å². The molecule has 3 aromatic rings. The van der Waals surface area contributed by atoms with Crippen molar-refractivity contribution in [3.8, 4) is 0 Å². The smallest absolute Gasteiger partial charge is 0.279 e. The molecular weight excluding hydrogens is 456 g/mol. The quantitative estimate of drug-likeness (QED) is 0.425. The SMILES string of the molecule is Cc1ccc(NC(=O)C[NH+]2CCN(C(=O)CSc3n[nH]c(C=Cc4cccs4)n3)CC2)cc1. The minimum atomic E-state index is -0.00211. The maximum atomic E-state index is 12.6. The number of piperazine rings is 1. The first-order chi connectivity index (χ1) is 16.0. The van der Waals surface area contributed by atoms with Crippen molar-refractivity contribution < 1.29 is 14.5 Å². The Kier molecular flexibility index (Phi) is 7.92. The van der Waals surface area contributed by atoms with Gasteiger partial charge in [-0.15, -0.1) is 16.4 Å². The van der Waals surface area contributed by atoms with Crippen LogP contribution >= 0.6 is 23.1 Å². The van der Waals surface area contributed by atoms with Crippen LogP contribution in [0.3, 0.4) is 0 Å². The Hall–Kier alpha value is -2.95. The number of H-pyrrole nitrogens is 1. The van der Waals surface area contributed by atoms with E-state index in [0.717, 1.165) is 29.2 Å². The number of carbonyl (C=O) groups is 2. The van der Waals surface area contributed by atoms with Gasteiger partial charge in [-0.3, -0.25) is 14.7 Å². The molecule has 3 N–H and O–H groups in total. The predicted octanol–water partition coefficient (Wildman–Crippen LogP) is 1.80. The Bertz CT molecular complexity index is 1090. The number of thiophene rings is 1. The van der Waals surface area contributed by atoms with Crippen LogP contribution in [0.25, 0.3) is 12.2 Å². The zero-order chi connectivity index (χ0) is 23.0. The molecule has 4 rings (SSSR count). The number of rotatable bonds is 8. The monoisotopic (exact) mass is 483 g/mol. The molecule has 8 nitrogen and oxygen atoms in total. The highest BCUT2D eigenvalue weighted by atomic mass is 32.2. The fourth-order valence-electron chi connectivity index (χ4n) is 3.48. The van der Waals surface area contributed by atoms with Crippen LogP contribution < -0.4 is 10.2 Å². The minimum Gasteiger partial charge on any atom is -0.331 e. The second-order valence-corrected chi connectivity index (χ2v) is 9.78. The van der Waals surface area contributed by atoms with Gasteiger partial charge in [0.15, 0.2) is 6.54 Å². The molecule has 1 saturated heterocycles. The van der Waals surface area contributed by atoms with Gasteiger partial charge >= 0.3 is 0 Å². The number of hydrogen-bond acceptors (Lipinski definition) is 6. The van der Waals surface area contributed by atoms with Crippen molar-refractivity contribution in [3.05, 3.63) is 58.0 Å². The molecule has 0 radical (unpaired) electrons. The molecule has 1 aromatic carbocycles. The normalized spacial score (nSPS) is 14.6. The van der Waals surface area contributed by atoms with Gasteiger partial charge in [0, 0.05) is 10.6 Å². The number of carbonyl (C=O) groups excluding carboxylic acids is 2. The summed E-state index contributed by atoms with van der Waals surface area (Å²) in [6.45, 7) is 5.24. The lowest BCUT2D eigenvalue weighted by Crippen LogP contribution is -3.15. The molecule has 3 heterocycles. The molecule has 2 amide bonds. The Morgan fingerprint density at radius 2 is 2.00 bits per heavy atom. The fourth-order valence-corrected chi connectivity index (χ4v) is 4.81. The lowest BCUT2D eigenvalue weighted by atomic mass is 10.2. The number of aryl methyl sites for hydroxylation is 1. The number of amides is 2. The Balaban J connectivity index is 1.16. The molecule has 1 aliphatic heterocycles. The summed E-state index contributed by atoms with van der Waals surface area (Å²) in [5.74, 6) is 1.04. The zero-order valence-electron chi connectivity index (χ0n) is 18.4. The number of aromatic amines is 1. The van der Waals surface area contributed by atoms with Crippen molar-refractivity contribution in [2.45, 2.75) is 12.1 Å². The maximum absolute atomic E-state index is 12.6. The van der Waals surface area contributed by atoms with E-state index in [1.165, 1.54) is 16.7 Å². The first-order valence-corrected chi connectivity index (χ1v) is 12.7. The number of anilines is 1. The molecule has 0 atom stereocenters. The third-order valence-electron chi connectivity index (χ3n) is 5.32. The largest absolute Gasteiger partial charge is 0.331 e. The number of aromatic nitrogens is 3. The van der Waals surface area contributed by atoms with E-state index in [4.69, 9.17) is 0 Å². The molecule has 10 heteroatoms. The van der Waals surface area contributed by atoms with Gasteiger partial charge in [0.05, 0.1) is 31.9 Å². The summed E-state index contributed by atoms with van der Waals surface area (Å²) in [4.78, 5) is 33.5. The van der Waals surface area contributed by atoms with E-state index in [2.05, 4.69) is 20.5 Å². The summed E-state index contributed by atoms with van der Waals surface area (Å²) in [6, 6.07) is 11.8. The Morgan fingerprint density at radius 3 is 2.73 bits per heavy atom. The zero-order valence-corrected chi connectivity index (χ0v) is 20.0. The summed E-state index contributed by atoms with van der Waals surface area (Å²) in [6.07, 6.45) is 3.86. The lowest BCUT2D eigenvalue weighted by Gasteiger charge is -2.31. The first-order valence-electron chi connectivity index (χ1n) is 10.8. The van der Waals surface area contributed by atoms with Crippen molar-refractivity contribution >= 4 is 52.8 Å². The van der Waals surface area contributed by atoms with Gasteiger partial charge < -0.3 is 15.1 Å². The number of quaternary nitrogens is 1. The standard InChI is InChI=1S/C23H26N6O2S2/c1-17-4-6-18(7-5-17)24-21(30)15-28-10-12-29(13-11-28)22(31)16-33-23-25-20(26-27-23)9-8-19-3-2-14-32-19/h2-9,14H,10-13,15-16H2,1H3,(H,24,30)(H,25,26,27)/p+1. The van der Waals surface area contributed by atoms with Crippen molar-refractivity contribution in [1.29, 1.82) is 0 Å². The van der Waals surface area contributed by atoms with Crippen LogP contribution in [0, 0.1) is 6.92 Å². The van der Waals surface area contributed by atoms with E-state index < -0.39 is 0 Å². The number of benzene rings is 1. The van der Waals surface area contributed by atoms with Crippen LogP contribution in [0.5, 0.6) is 0 Å². The van der Waals surface area contributed by atoms with E-state index in [1.807, 2.05) is 65.8 Å². The van der Waals surface area contributed by atoms with Crippen LogP contribution in [0.15, 0.2) is 46.9 Å². The van der Waals surface area contributed by atoms with Gasteiger partial charge in [-0.25, -0.2) is 4.98 Å². The molecule has 2 aromatic heterocycles. The lowest BCUT2D eigenvalue weighted by molar-refractivity contribution is -0.895. The topological polar surface area (TPSA) is 95.4 Å². The van der Waals surface area contributed by atoms with Gasteiger partial charge in [-0.05, 0) is 42.7 Å². The highest BCUT2D eigenvalue weighted by Crippen LogP contribution is 2.16. The summed E-state index contributed by atoms with van der Waals surface area (Å²) in [7, 11) is 0. The third kappa shape index (κ3) is 7.01. The van der Waals surface area contributed by atoms with Crippen LogP contribution in [0.1, 0.15) is 16.3 Å². The second-order valence-electron chi connectivity index (χ2n) is 7.86. The van der Waals surface area contributed by atoms with E-state index >= 15 is 0 Å². The molecule has 33 heavy (non-hydrogen) atoms. The average Bonchev–Trinajstić information content (AvgIpc) is 3.50. The maximum Gasteiger partial charge on any atom is 0.279 e. The molecule has 0 spiro atoms. The molecule has 1 fully saturated rings. The highest BCUT2D eigenvalue weighted by Gasteiger charge is 2.25. The Morgan fingerprint density at radius 1 is 1.21 bits per heavy atom. The van der Waals surface area contributed by atoms with E-state index in [0.29, 0.717) is 36.4 Å². The van der Waals surface area contributed by atoms with Crippen LogP contribution in [-0.4, -0.2) is 70.4 Å². The molecule has 1 aliphatic rings. The predicted molar refractivity (Wildman–Crippen MR) is 132 cm³/mol. The van der Waals surface area contributed by atoms with Gasteiger partial charge in [-0.1, -0.05) is 35.5 Å². The summed E-state index contributed by atoms with van der Waals surface area (Å²) in [5.41, 5.74) is 1.97. The van der Waals surface area contributed by atoms with Gasteiger partial charge in [0.1, 0.15) is 5.82 Å². The third-order valence-corrected chi connectivity index (χ3v) is 6.99. The summed E-state index contributed by atoms with van der Waals surface area (Å²) in [5, 5.41) is 12.6. The number of nitrogens with zero attached hydrogens (tertiary/aromatic N) is 3. The van der Waals surface area contributed by atoms with Crippen molar-refractivity contribution in [3.63, 3.8) is 0 Å². The number of thioether (sulfide) groups is 1. The van der Waals surface area contributed by atoms with Crippen LogP contribution in [-0.2, 0) is 9.59 Å². The van der Waals surface area contributed by atoms with Gasteiger partial charge in [0.25, 0.3) is 5.91 Å². The molecule has 0 bridgehead atoms. The van der Waals surface area contributed by atoms with Crippen LogP contribution in [0.4, 0.5) is 5.69 Å². The number of nitrogens with one attached hydrogen (secondary N) is 3.